The minimum atomic E-state index is -4.72. The molecule has 0 N–H and O–H groups in total. The molecular weight excluding hydrogens is 503 g/mol. The van der Waals surface area contributed by atoms with Crippen molar-refractivity contribution in [3.63, 3.8) is 0 Å². The maximum atomic E-state index is 12.5. The number of nitrogens with zero attached hydrogens (tertiary/aromatic N) is 3. The Morgan fingerprint density at radius 2 is 1.68 bits per heavy atom. The van der Waals surface area contributed by atoms with E-state index in [2.05, 4.69) is 22.0 Å². The Morgan fingerprint density at radius 3 is 2.26 bits per heavy atom. The van der Waals surface area contributed by atoms with Gasteiger partial charge in [-0.15, -0.1) is 18.3 Å². The van der Waals surface area contributed by atoms with Crippen LogP contribution >= 0.6 is 0 Å². The third kappa shape index (κ3) is 6.56. The number of benzene rings is 2. The highest BCUT2D eigenvalue weighted by atomic mass is 19.4. The molecule has 8 nitrogen and oxygen atoms in total. The molecule has 0 saturated heterocycles. The molecule has 38 heavy (non-hydrogen) atoms. The first-order chi connectivity index (χ1) is 18.1. The lowest BCUT2D eigenvalue weighted by Gasteiger charge is -2.37. The van der Waals surface area contributed by atoms with Crippen LogP contribution < -0.4 is 14.2 Å². The van der Waals surface area contributed by atoms with Gasteiger partial charge in [-0.1, -0.05) is 36.4 Å². The largest absolute Gasteiger partial charge is 0.573 e. The second-order valence-corrected chi connectivity index (χ2v) is 9.42. The minimum absolute atomic E-state index is 0.0222. The second kappa shape index (κ2) is 11.3. The molecular formula is C27H30F3N3O5. The quantitative estimate of drug-likeness (QED) is 0.327. The number of alkyl halides is 3. The van der Waals surface area contributed by atoms with Gasteiger partial charge in [0, 0.05) is 0 Å². The van der Waals surface area contributed by atoms with Gasteiger partial charge in [-0.3, -0.25) is 0 Å². The second-order valence-electron chi connectivity index (χ2n) is 9.42. The summed E-state index contributed by atoms with van der Waals surface area (Å²) in [7, 11) is 1.59. The molecule has 3 aromatic rings. The Morgan fingerprint density at radius 1 is 1.05 bits per heavy atom. The Bertz CT molecular complexity index is 1220. The van der Waals surface area contributed by atoms with Crippen LogP contribution in [-0.2, 0) is 16.7 Å². The van der Waals surface area contributed by atoms with Crippen molar-refractivity contribution in [2.75, 3.05) is 13.7 Å². The maximum Gasteiger partial charge on any atom is 0.573 e. The molecule has 1 saturated carbocycles. The minimum Gasteiger partial charge on any atom is -0.497 e. The van der Waals surface area contributed by atoms with Crippen LogP contribution in [0.5, 0.6) is 17.4 Å². The summed E-state index contributed by atoms with van der Waals surface area (Å²) in [6.45, 7) is 4.33. The van der Waals surface area contributed by atoms with Gasteiger partial charge in [-0.05, 0) is 73.4 Å². The fraction of sp³-hybridized carbons (Fsp3) is 0.444. The average Bonchev–Trinajstić information content (AvgIpc) is 3.27. The Balaban J connectivity index is 1.46. The van der Waals surface area contributed by atoms with Gasteiger partial charge in [0.25, 0.3) is 0 Å². The summed E-state index contributed by atoms with van der Waals surface area (Å²) in [5.41, 5.74) is 1.64. The SMILES string of the molecule is CCOC(=O)c1nnn(Cc2ccc(OC)cc2)c1O[C@H]1CC[C@@](C)(c2ccc(OC(F)(F)F)cc2)CC1. The van der Waals surface area contributed by atoms with E-state index in [1.807, 2.05) is 24.3 Å². The zero-order valence-corrected chi connectivity index (χ0v) is 21.5. The van der Waals surface area contributed by atoms with Crippen molar-refractivity contribution in [1.29, 1.82) is 0 Å². The zero-order chi connectivity index (χ0) is 27.3. The highest BCUT2D eigenvalue weighted by Crippen LogP contribution is 2.41. The molecule has 1 fully saturated rings. The van der Waals surface area contributed by atoms with Crippen LogP contribution in [0.3, 0.4) is 0 Å². The molecule has 0 unspecified atom stereocenters. The summed E-state index contributed by atoms with van der Waals surface area (Å²) >= 11 is 0. The Hall–Kier alpha value is -3.76. The topological polar surface area (TPSA) is 84.7 Å². The molecule has 0 radical (unpaired) electrons. The number of methoxy groups -OCH3 is 1. The number of hydrogen-bond acceptors (Lipinski definition) is 7. The molecule has 0 aliphatic heterocycles. The third-order valence-corrected chi connectivity index (χ3v) is 6.75. The van der Waals surface area contributed by atoms with E-state index in [-0.39, 0.29) is 35.4 Å². The molecule has 11 heteroatoms. The van der Waals surface area contributed by atoms with Crippen LogP contribution in [0.15, 0.2) is 48.5 Å². The third-order valence-electron chi connectivity index (χ3n) is 6.75. The van der Waals surface area contributed by atoms with Gasteiger partial charge in [0.2, 0.25) is 11.6 Å². The first-order valence-corrected chi connectivity index (χ1v) is 12.4. The van der Waals surface area contributed by atoms with E-state index in [9.17, 15) is 18.0 Å². The van der Waals surface area contributed by atoms with Crippen LogP contribution in [0.1, 0.15) is 61.1 Å². The van der Waals surface area contributed by atoms with E-state index in [1.165, 1.54) is 12.1 Å². The van der Waals surface area contributed by atoms with Gasteiger partial charge in [-0.25, -0.2) is 9.48 Å². The molecule has 2 aromatic carbocycles. The molecule has 1 aromatic heterocycles. The van der Waals surface area contributed by atoms with Gasteiger partial charge in [0.1, 0.15) is 17.6 Å². The van der Waals surface area contributed by atoms with Crippen molar-refractivity contribution in [1.82, 2.24) is 15.0 Å². The van der Waals surface area contributed by atoms with E-state index in [4.69, 9.17) is 14.2 Å². The van der Waals surface area contributed by atoms with Crippen molar-refractivity contribution in [2.24, 2.45) is 0 Å². The Labute approximate surface area is 218 Å². The lowest BCUT2D eigenvalue weighted by Crippen LogP contribution is -2.34. The number of ether oxygens (including phenoxy) is 4. The number of esters is 1. The lowest BCUT2D eigenvalue weighted by molar-refractivity contribution is -0.274. The van der Waals surface area contributed by atoms with Gasteiger partial charge in [0.15, 0.2) is 0 Å². The average molecular weight is 534 g/mol. The van der Waals surface area contributed by atoms with E-state index < -0.39 is 12.3 Å². The number of halogens is 3. The summed E-state index contributed by atoms with van der Waals surface area (Å²) in [4.78, 5) is 12.5. The van der Waals surface area contributed by atoms with Crippen LogP contribution in [-0.4, -0.2) is 47.1 Å². The summed E-state index contributed by atoms with van der Waals surface area (Å²) < 4.78 is 59.7. The van der Waals surface area contributed by atoms with Crippen molar-refractivity contribution < 1.29 is 36.9 Å². The maximum absolute atomic E-state index is 12.5. The molecule has 1 heterocycles. The van der Waals surface area contributed by atoms with Gasteiger partial charge >= 0.3 is 12.3 Å². The highest BCUT2D eigenvalue weighted by Gasteiger charge is 2.36. The summed E-state index contributed by atoms with van der Waals surface area (Å²) in [5, 5.41) is 8.19. The van der Waals surface area contributed by atoms with E-state index in [0.717, 1.165) is 29.7 Å². The number of aromatic nitrogens is 3. The van der Waals surface area contributed by atoms with Crippen LogP contribution in [0, 0.1) is 0 Å². The monoisotopic (exact) mass is 533 g/mol. The van der Waals surface area contributed by atoms with Crippen LogP contribution in [0.2, 0.25) is 0 Å². The van der Waals surface area contributed by atoms with Crippen LogP contribution in [0.4, 0.5) is 13.2 Å². The Kier molecular flexibility index (Phi) is 8.13. The summed E-state index contributed by atoms with van der Waals surface area (Å²) in [5.74, 6) is 0.126. The molecule has 0 atom stereocenters. The highest BCUT2D eigenvalue weighted by molar-refractivity contribution is 5.89. The number of hydrogen-bond donors (Lipinski definition) is 0. The zero-order valence-electron chi connectivity index (χ0n) is 21.5. The molecule has 1 aliphatic rings. The van der Waals surface area contributed by atoms with Gasteiger partial charge < -0.3 is 18.9 Å². The fourth-order valence-electron chi connectivity index (χ4n) is 4.61. The fourth-order valence-corrected chi connectivity index (χ4v) is 4.61. The molecule has 0 spiro atoms. The lowest BCUT2D eigenvalue weighted by atomic mass is 9.70. The number of carbonyl (C=O) groups excluding carboxylic acids is 1. The van der Waals surface area contributed by atoms with Crippen molar-refractivity contribution in [3.05, 3.63) is 65.4 Å². The standard InChI is InChI=1S/C27H30F3N3O5/c1-4-36-25(34)23-24(33(32-31-23)17-18-5-9-20(35-3)10-6-18)37-21-13-15-26(2,16-14-21)19-7-11-22(12-8-19)38-27(28,29)30/h5-12,21H,4,13-17H2,1-3H3/t21-,26+. The first-order valence-electron chi connectivity index (χ1n) is 12.4. The van der Waals surface area contributed by atoms with Crippen molar-refractivity contribution in [3.8, 4) is 17.4 Å². The molecule has 1 aliphatic carbocycles. The van der Waals surface area contributed by atoms with Gasteiger partial charge in [0.05, 0.1) is 20.3 Å². The van der Waals surface area contributed by atoms with E-state index in [0.29, 0.717) is 19.4 Å². The van der Waals surface area contributed by atoms with Gasteiger partial charge in [-0.2, -0.15) is 0 Å². The van der Waals surface area contributed by atoms with Crippen molar-refractivity contribution in [2.45, 2.75) is 64.0 Å². The number of rotatable bonds is 9. The molecule has 204 valence electrons. The van der Waals surface area contributed by atoms with Crippen LogP contribution in [0.25, 0.3) is 0 Å². The number of carbonyl (C=O) groups is 1. The van der Waals surface area contributed by atoms with E-state index in [1.54, 1.807) is 30.8 Å². The summed E-state index contributed by atoms with van der Waals surface area (Å²) in [6, 6.07) is 13.5. The predicted octanol–water partition coefficient (Wildman–Crippen LogP) is 5.69. The summed E-state index contributed by atoms with van der Waals surface area (Å²) in [6.07, 6.45) is -2.09. The normalized spacial score (nSPS) is 19.6. The molecule has 0 amide bonds. The first kappa shape index (κ1) is 27.3. The molecule has 4 rings (SSSR count). The predicted molar refractivity (Wildman–Crippen MR) is 131 cm³/mol. The van der Waals surface area contributed by atoms with E-state index >= 15 is 0 Å². The molecule has 0 bridgehead atoms. The van der Waals surface area contributed by atoms with Crippen molar-refractivity contribution >= 4 is 5.97 Å². The smallest absolute Gasteiger partial charge is 0.497 e.